The van der Waals surface area contributed by atoms with Crippen molar-refractivity contribution in [3.63, 3.8) is 0 Å². The average molecular weight is 347 g/mol. The molecule has 4 rings (SSSR count). The molecule has 0 atom stereocenters. The van der Waals surface area contributed by atoms with Crippen molar-refractivity contribution in [1.29, 1.82) is 0 Å². The predicted octanol–water partition coefficient (Wildman–Crippen LogP) is 3.49. The van der Waals surface area contributed by atoms with Gasteiger partial charge in [0.1, 0.15) is 0 Å². The summed E-state index contributed by atoms with van der Waals surface area (Å²) in [6.07, 6.45) is 3.83. The highest BCUT2D eigenvalue weighted by Crippen LogP contribution is 2.30. The van der Waals surface area contributed by atoms with Gasteiger partial charge in [0, 0.05) is 11.6 Å². The zero-order chi connectivity index (χ0) is 17.9. The third-order valence-corrected chi connectivity index (χ3v) is 5.08. The summed E-state index contributed by atoms with van der Waals surface area (Å²) < 4.78 is 0. The fraction of sp³-hybridized carbons (Fsp3) is 0.238. The minimum atomic E-state index is -0.557. The van der Waals surface area contributed by atoms with Crippen molar-refractivity contribution in [2.24, 2.45) is 0 Å². The molecule has 132 valence electrons. The Kier molecular flexibility index (Phi) is 4.65. The number of nitrogens with one attached hydrogen (secondary N) is 2. The molecule has 0 radical (unpaired) electrons. The lowest BCUT2D eigenvalue weighted by Crippen LogP contribution is -2.26. The van der Waals surface area contributed by atoms with Crippen LogP contribution in [0.1, 0.15) is 34.7 Å². The molecule has 1 amide bonds. The number of piperidine rings is 1. The summed E-state index contributed by atoms with van der Waals surface area (Å²) in [5.41, 5.74) is 6.48. The number of aromatic nitrogens is 1. The molecular formula is C21H21N3O2. The van der Waals surface area contributed by atoms with E-state index in [2.05, 4.69) is 34.6 Å². The summed E-state index contributed by atoms with van der Waals surface area (Å²) in [5.74, 6) is 0.0625. The molecule has 0 spiro atoms. The van der Waals surface area contributed by atoms with Crippen LogP contribution < -0.4 is 10.8 Å². The summed E-state index contributed by atoms with van der Waals surface area (Å²) in [6, 6.07) is 16.5. The highest BCUT2D eigenvalue weighted by molar-refractivity contribution is 5.97. The van der Waals surface area contributed by atoms with E-state index in [1.165, 1.54) is 30.2 Å². The molecule has 5 heteroatoms. The minimum absolute atomic E-state index is 0.334. The van der Waals surface area contributed by atoms with E-state index >= 15 is 0 Å². The number of rotatable bonds is 3. The molecule has 0 aliphatic carbocycles. The van der Waals surface area contributed by atoms with Gasteiger partial charge in [-0.3, -0.25) is 15.0 Å². The summed E-state index contributed by atoms with van der Waals surface area (Å²) in [7, 11) is 0. The summed E-state index contributed by atoms with van der Waals surface area (Å²) >= 11 is 0. The standard InChI is InChI=1S/C21H21N3O2/c25-21(24-26)19-11-18-5-4-17(12-20(18)23-13-19)16-3-1-2-15(10-16)14-6-8-22-9-7-14/h1-5,10-14,22,26H,6-9H2,(H,24,25). The van der Waals surface area contributed by atoms with Crippen LogP contribution in [0.15, 0.2) is 54.7 Å². The minimum Gasteiger partial charge on any atom is -0.317 e. The van der Waals surface area contributed by atoms with Crippen LogP contribution in [0.2, 0.25) is 0 Å². The number of amides is 1. The van der Waals surface area contributed by atoms with Crippen LogP contribution in [-0.4, -0.2) is 29.2 Å². The number of fused-ring (bicyclic) bond motifs is 1. The van der Waals surface area contributed by atoms with Crippen molar-refractivity contribution >= 4 is 16.8 Å². The van der Waals surface area contributed by atoms with Crippen molar-refractivity contribution in [2.45, 2.75) is 18.8 Å². The Morgan fingerprint density at radius 1 is 1.08 bits per heavy atom. The Morgan fingerprint density at radius 3 is 2.69 bits per heavy atom. The molecule has 1 aliphatic heterocycles. The highest BCUT2D eigenvalue weighted by Gasteiger charge is 2.15. The second-order valence-electron chi connectivity index (χ2n) is 6.72. The van der Waals surface area contributed by atoms with Gasteiger partial charge in [-0.1, -0.05) is 36.4 Å². The van der Waals surface area contributed by atoms with E-state index in [4.69, 9.17) is 5.21 Å². The molecular weight excluding hydrogens is 326 g/mol. The Bertz CT molecular complexity index is 949. The van der Waals surface area contributed by atoms with Gasteiger partial charge in [-0.15, -0.1) is 0 Å². The highest BCUT2D eigenvalue weighted by atomic mass is 16.5. The molecule has 3 N–H and O–H groups in total. The lowest BCUT2D eigenvalue weighted by molar-refractivity contribution is 0.0706. The fourth-order valence-corrected chi connectivity index (χ4v) is 3.62. The molecule has 1 saturated heterocycles. The van der Waals surface area contributed by atoms with Gasteiger partial charge in [0.2, 0.25) is 0 Å². The van der Waals surface area contributed by atoms with Crippen molar-refractivity contribution in [1.82, 2.24) is 15.8 Å². The van der Waals surface area contributed by atoms with E-state index in [1.54, 1.807) is 11.5 Å². The number of benzene rings is 2. The Hall–Kier alpha value is -2.76. The molecule has 2 aromatic carbocycles. The van der Waals surface area contributed by atoms with Crippen molar-refractivity contribution in [3.8, 4) is 11.1 Å². The first-order chi connectivity index (χ1) is 12.7. The predicted molar refractivity (Wildman–Crippen MR) is 101 cm³/mol. The largest absolute Gasteiger partial charge is 0.317 e. The molecule has 0 unspecified atom stereocenters. The van der Waals surface area contributed by atoms with Gasteiger partial charge in [0.05, 0.1) is 11.1 Å². The maximum Gasteiger partial charge on any atom is 0.276 e. The van der Waals surface area contributed by atoms with Gasteiger partial charge in [-0.2, -0.15) is 0 Å². The van der Waals surface area contributed by atoms with Crippen LogP contribution in [0.3, 0.4) is 0 Å². The quantitative estimate of drug-likeness (QED) is 0.501. The maximum absolute atomic E-state index is 11.5. The van der Waals surface area contributed by atoms with E-state index in [9.17, 15) is 4.79 Å². The zero-order valence-corrected chi connectivity index (χ0v) is 14.4. The van der Waals surface area contributed by atoms with E-state index in [0.29, 0.717) is 11.5 Å². The Morgan fingerprint density at radius 2 is 1.88 bits per heavy atom. The molecule has 0 saturated carbocycles. The van der Waals surface area contributed by atoms with Crippen LogP contribution in [0.5, 0.6) is 0 Å². The van der Waals surface area contributed by atoms with Gasteiger partial charge in [-0.25, -0.2) is 5.48 Å². The zero-order valence-electron chi connectivity index (χ0n) is 14.4. The molecule has 3 aromatic rings. The van der Waals surface area contributed by atoms with E-state index in [1.807, 2.05) is 18.2 Å². The van der Waals surface area contributed by atoms with Crippen molar-refractivity contribution in [2.75, 3.05) is 13.1 Å². The molecule has 2 heterocycles. The van der Waals surface area contributed by atoms with Crippen LogP contribution in [0.4, 0.5) is 0 Å². The van der Waals surface area contributed by atoms with Gasteiger partial charge < -0.3 is 5.32 Å². The van der Waals surface area contributed by atoms with Crippen molar-refractivity contribution in [3.05, 3.63) is 65.9 Å². The number of nitrogens with zero attached hydrogens (tertiary/aromatic N) is 1. The van der Waals surface area contributed by atoms with Gasteiger partial charge in [0.15, 0.2) is 0 Å². The number of carbonyl (C=O) groups excluding carboxylic acids is 1. The first-order valence-electron chi connectivity index (χ1n) is 8.90. The van der Waals surface area contributed by atoms with Crippen molar-refractivity contribution < 1.29 is 10.0 Å². The van der Waals surface area contributed by atoms with E-state index in [0.717, 1.165) is 29.6 Å². The van der Waals surface area contributed by atoms with Crippen LogP contribution in [0.25, 0.3) is 22.0 Å². The van der Waals surface area contributed by atoms with Crippen LogP contribution >= 0.6 is 0 Å². The SMILES string of the molecule is O=C(NO)c1cnc2cc(-c3cccc(C4CCNCC4)c3)ccc2c1. The second-order valence-corrected chi connectivity index (χ2v) is 6.72. The normalized spacial score (nSPS) is 15.1. The van der Waals surface area contributed by atoms with Crippen LogP contribution in [0, 0.1) is 0 Å². The fourth-order valence-electron chi connectivity index (χ4n) is 3.62. The average Bonchev–Trinajstić information content (AvgIpc) is 2.73. The maximum atomic E-state index is 11.5. The first kappa shape index (κ1) is 16.7. The van der Waals surface area contributed by atoms with E-state index < -0.39 is 5.91 Å². The number of carbonyl (C=O) groups is 1. The lowest BCUT2D eigenvalue weighted by Gasteiger charge is -2.23. The molecule has 1 aliphatic rings. The van der Waals surface area contributed by atoms with E-state index in [-0.39, 0.29) is 0 Å². The lowest BCUT2D eigenvalue weighted by atomic mass is 9.88. The van der Waals surface area contributed by atoms with Gasteiger partial charge in [0.25, 0.3) is 5.91 Å². The molecule has 26 heavy (non-hydrogen) atoms. The first-order valence-corrected chi connectivity index (χ1v) is 8.90. The monoisotopic (exact) mass is 347 g/mol. The molecule has 0 bridgehead atoms. The number of hydrogen-bond donors (Lipinski definition) is 3. The summed E-state index contributed by atoms with van der Waals surface area (Å²) in [6.45, 7) is 2.16. The smallest absolute Gasteiger partial charge is 0.276 e. The van der Waals surface area contributed by atoms with Gasteiger partial charge >= 0.3 is 0 Å². The Balaban J connectivity index is 1.67. The van der Waals surface area contributed by atoms with Gasteiger partial charge in [-0.05, 0) is 60.7 Å². The molecule has 5 nitrogen and oxygen atoms in total. The van der Waals surface area contributed by atoms with Crippen LogP contribution in [-0.2, 0) is 0 Å². The summed E-state index contributed by atoms with van der Waals surface area (Å²) in [5, 5.41) is 13.0. The number of hydrogen-bond acceptors (Lipinski definition) is 4. The molecule has 1 aromatic heterocycles. The second kappa shape index (κ2) is 7.23. The number of hydroxylamine groups is 1. The molecule has 1 fully saturated rings. The Labute approximate surface area is 152 Å². The topological polar surface area (TPSA) is 74.2 Å². The third-order valence-electron chi connectivity index (χ3n) is 5.08. The third kappa shape index (κ3) is 3.31. The summed E-state index contributed by atoms with van der Waals surface area (Å²) in [4.78, 5) is 15.9. The number of pyridine rings is 1.